The van der Waals surface area contributed by atoms with Crippen LogP contribution in [-0.4, -0.2) is 27.7 Å². The van der Waals surface area contributed by atoms with Crippen LogP contribution >= 0.6 is 0 Å². The number of allylic oxidation sites excluding steroid dienone is 1. The van der Waals surface area contributed by atoms with Gasteiger partial charge in [0.1, 0.15) is 5.75 Å². The van der Waals surface area contributed by atoms with Crippen LogP contribution in [0.1, 0.15) is 17.7 Å². The van der Waals surface area contributed by atoms with Crippen LogP contribution in [0.2, 0.25) is 0 Å². The summed E-state index contributed by atoms with van der Waals surface area (Å²) in [6.45, 7) is 5.49. The molecule has 1 aromatic heterocycles. The van der Waals surface area contributed by atoms with Gasteiger partial charge in [-0.05, 0) is 37.1 Å². The maximum Gasteiger partial charge on any atom is 0.331 e. The van der Waals surface area contributed by atoms with E-state index in [-0.39, 0.29) is 5.57 Å². The van der Waals surface area contributed by atoms with E-state index in [0.29, 0.717) is 12.2 Å². The Morgan fingerprint density at radius 2 is 2.27 bits per heavy atom. The number of aryl methyl sites for hydroxylation is 1. The summed E-state index contributed by atoms with van der Waals surface area (Å²) in [5, 5.41) is 9.17. The second-order valence-corrected chi connectivity index (χ2v) is 4.82. The Morgan fingerprint density at radius 1 is 1.50 bits per heavy atom. The van der Waals surface area contributed by atoms with Crippen LogP contribution < -0.4 is 4.74 Å². The Morgan fingerprint density at radius 3 is 2.82 bits per heavy atom. The highest BCUT2D eigenvalue weighted by Crippen LogP contribution is 2.26. The first-order chi connectivity index (χ1) is 10.5. The average molecular weight is 298 g/mol. The molecule has 1 aromatic carbocycles. The lowest BCUT2D eigenvalue weighted by atomic mass is 10.1. The molecular weight excluding hydrogens is 280 g/mol. The summed E-state index contributed by atoms with van der Waals surface area (Å²) < 4.78 is 7.27. The molecule has 0 atom stereocenters. The van der Waals surface area contributed by atoms with Gasteiger partial charge in [0.25, 0.3) is 0 Å². The van der Waals surface area contributed by atoms with Crippen LogP contribution in [0.15, 0.2) is 49.0 Å². The van der Waals surface area contributed by atoms with Crippen LogP contribution in [0.25, 0.3) is 11.8 Å². The molecule has 0 aliphatic heterocycles. The molecule has 0 saturated heterocycles. The number of hydrogen-bond acceptors (Lipinski definition) is 3. The van der Waals surface area contributed by atoms with Gasteiger partial charge in [-0.15, -0.1) is 6.58 Å². The van der Waals surface area contributed by atoms with Gasteiger partial charge in [0.2, 0.25) is 0 Å². The predicted octanol–water partition coefficient (Wildman–Crippen LogP) is 3.23. The van der Waals surface area contributed by atoms with Crippen molar-refractivity contribution in [1.29, 1.82) is 0 Å². The van der Waals surface area contributed by atoms with Gasteiger partial charge in [0.05, 0.1) is 24.8 Å². The predicted molar refractivity (Wildman–Crippen MR) is 85.3 cm³/mol. The van der Waals surface area contributed by atoms with Crippen molar-refractivity contribution < 1.29 is 14.6 Å². The van der Waals surface area contributed by atoms with Crippen LogP contribution in [0, 0.1) is 6.92 Å². The largest absolute Gasteiger partial charge is 0.495 e. The first-order valence-electron chi connectivity index (χ1n) is 6.79. The SMILES string of the molecule is C=CC/C(=C\c1ccc(-n2cnc(C)c2)c(OC)c1)C(=O)O. The number of hydrogen-bond donors (Lipinski definition) is 1. The van der Waals surface area contributed by atoms with Gasteiger partial charge in [-0.2, -0.15) is 0 Å². The molecule has 5 nitrogen and oxygen atoms in total. The second-order valence-electron chi connectivity index (χ2n) is 4.82. The Labute approximate surface area is 129 Å². The molecule has 0 spiro atoms. The van der Waals surface area contributed by atoms with E-state index in [0.717, 1.165) is 16.9 Å². The third-order valence-electron chi connectivity index (χ3n) is 3.17. The number of imidazole rings is 1. The molecule has 0 amide bonds. The topological polar surface area (TPSA) is 64.4 Å². The first-order valence-corrected chi connectivity index (χ1v) is 6.79. The quantitative estimate of drug-likeness (QED) is 0.657. The van der Waals surface area contributed by atoms with Crippen molar-refractivity contribution in [1.82, 2.24) is 9.55 Å². The summed E-state index contributed by atoms with van der Waals surface area (Å²) in [6, 6.07) is 5.52. The highest BCUT2D eigenvalue weighted by molar-refractivity contribution is 5.92. The summed E-state index contributed by atoms with van der Waals surface area (Å²) in [4.78, 5) is 15.4. The molecule has 1 N–H and O–H groups in total. The molecule has 2 aromatic rings. The lowest BCUT2D eigenvalue weighted by molar-refractivity contribution is -0.132. The van der Waals surface area contributed by atoms with Crippen LogP contribution in [0.5, 0.6) is 5.75 Å². The molecule has 0 aliphatic rings. The molecule has 0 radical (unpaired) electrons. The molecule has 0 fully saturated rings. The van der Waals surface area contributed by atoms with Gasteiger partial charge in [-0.1, -0.05) is 12.1 Å². The van der Waals surface area contributed by atoms with E-state index in [4.69, 9.17) is 9.84 Å². The number of benzene rings is 1. The zero-order chi connectivity index (χ0) is 16.1. The number of carboxylic acid groups (broad SMARTS) is 1. The second kappa shape index (κ2) is 6.76. The fourth-order valence-corrected chi connectivity index (χ4v) is 2.11. The van der Waals surface area contributed by atoms with Crippen molar-refractivity contribution in [3.63, 3.8) is 0 Å². The van der Waals surface area contributed by atoms with E-state index in [1.807, 2.05) is 29.8 Å². The number of aliphatic carboxylic acids is 1. The normalized spacial score (nSPS) is 11.3. The van der Waals surface area contributed by atoms with Crippen LogP contribution in [0.3, 0.4) is 0 Å². The molecule has 2 rings (SSSR count). The van der Waals surface area contributed by atoms with E-state index in [1.165, 1.54) is 0 Å². The van der Waals surface area contributed by atoms with E-state index in [1.54, 1.807) is 31.7 Å². The number of rotatable bonds is 6. The molecule has 22 heavy (non-hydrogen) atoms. The molecule has 0 bridgehead atoms. The van der Waals surface area contributed by atoms with Gasteiger partial charge in [-0.3, -0.25) is 0 Å². The monoisotopic (exact) mass is 298 g/mol. The van der Waals surface area contributed by atoms with Crippen molar-refractivity contribution in [2.24, 2.45) is 0 Å². The number of nitrogens with zero attached hydrogens (tertiary/aromatic N) is 2. The smallest absolute Gasteiger partial charge is 0.331 e. The minimum Gasteiger partial charge on any atom is -0.495 e. The average Bonchev–Trinajstić information content (AvgIpc) is 2.92. The van der Waals surface area contributed by atoms with Crippen molar-refractivity contribution in [2.75, 3.05) is 7.11 Å². The third-order valence-corrected chi connectivity index (χ3v) is 3.17. The third kappa shape index (κ3) is 3.44. The standard InChI is InChI=1S/C17H18N2O3/c1-4-5-14(17(20)21)8-13-6-7-15(16(9-13)22-3)19-10-12(2)18-11-19/h4,6-11H,1,5H2,2-3H3,(H,20,21)/b14-8+. The molecule has 0 aliphatic carbocycles. The van der Waals surface area contributed by atoms with E-state index in [2.05, 4.69) is 11.6 Å². The summed E-state index contributed by atoms with van der Waals surface area (Å²) in [7, 11) is 1.58. The van der Waals surface area contributed by atoms with Crippen molar-refractivity contribution in [2.45, 2.75) is 13.3 Å². The maximum absolute atomic E-state index is 11.2. The Bertz CT molecular complexity index is 729. The fraction of sp³-hybridized carbons (Fsp3) is 0.176. The highest BCUT2D eigenvalue weighted by atomic mass is 16.5. The summed E-state index contributed by atoms with van der Waals surface area (Å²) >= 11 is 0. The lowest BCUT2D eigenvalue weighted by Gasteiger charge is -2.10. The number of methoxy groups -OCH3 is 1. The summed E-state index contributed by atoms with van der Waals surface area (Å²) in [6.07, 6.45) is 7.10. The summed E-state index contributed by atoms with van der Waals surface area (Å²) in [5.41, 5.74) is 2.80. The van der Waals surface area contributed by atoms with Crippen molar-refractivity contribution in [3.05, 3.63) is 60.2 Å². The fourth-order valence-electron chi connectivity index (χ4n) is 2.11. The van der Waals surface area contributed by atoms with Crippen molar-refractivity contribution in [3.8, 4) is 11.4 Å². The van der Waals surface area contributed by atoms with Gasteiger partial charge in [-0.25, -0.2) is 9.78 Å². The Balaban J connectivity index is 2.42. The summed E-state index contributed by atoms with van der Waals surface area (Å²) in [5.74, 6) is -0.303. The molecule has 1 heterocycles. The maximum atomic E-state index is 11.2. The minimum absolute atomic E-state index is 0.281. The lowest BCUT2D eigenvalue weighted by Crippen LogP contribution is -2.00. The number of carbonyl (C=O) groups is 1. The molecular formula is C17H18N2O3. The number of ether oxygens (including phenoxy) is 1. The minimum atomic E-state index is -0.951. The zero-order valence-corrected chi connectivity index (χ0v) is 12.6. The van der Waals surface area contributed by atoms with Crippen LogP contribution in [-0.2, 0) is 4.79 Å². The van der Waals surface area contributed by atoms with Gasteiger partial charge < -0.3 is 14.4 Å². The molecule has 0 saturated carbocycles. The Hall–Kier alpha value is -2.82. The van der Waals surface area contributed by atoms with E-state index in [9.17, 15) is 4.79 Å². The Kier molecular flexibility index (Phi) is 4.78. The van der Waals surface area contributed by atoms with Gasteiger partial charge >= 0.3 is 5.97 Å². The first kappa shape index (κ1) is 15.6. The molecule has 114 valence electrons. The van der Waals surface area contributed by atoms with E-state index >= 15 is 0 Å². The number of carboxylic acids is 1. The molecule has 5 heteroatoms. The highest BCUT2D eigenvalue weighted by Gasteiger charge is 2.09. The van der Waals surface area contributed by atoms with E-state index < -0.39 is 5.97 Å². The van der Waals surface area contributed by atoms with Gasteiger partial charge in [0, 0.05) is 11.8 Å². The zero-order valence-electron chi connectivity index (χ0n) is 12.6. The van der Waals surface area contributed by atoms with Crippen LogP contribution in [0.4, 0.5) is 0 Å². The molecule has 0 unspecified atom stereocenters. The van der Waals surface area contributed by atoms with Gasteiger partial charge in [0.15, 0.2) is 0 Å². The number of aromatic nitrogens is 2. The van der Waals surface area contributed by atoms with Crippen molar-refractivity contribution >= 4 is 12.0 Å².